The number of ether oxygens (including phenoxy) is 2. The van der Waals surface area contributed by atoms with Crippen molar-refractivity contribution in [3.8, 4) is 5.75 Å². The SMILES string of the molecule is COC(=O)C(NC(C)=O)c1ccccc1OC(C)=O. The molecule has 6 heteroatoms. The molecule has 0 spiro atoms. The molecule has 0 aliphatic rings. The smallest absolute Gasteiger partial charge is 0.333 e. The fraction of sp³-hybridized carbons (Fsp3) is 0.308. The summed E-state index contributed by atoms with van der Waals surface area (Å²) in [5.74, 6) is -1.35. The summed E-state index contributed by atoms with van der Waals surface area (Å²) in [7, 11) is 1.21. The van der Waals surface area contributed by atoms with E-state index >= 15 is 0 Å². The summed E-state index contributed by atoms with van der Waals surface area (Å²) in [5, 5.41) is 2.46. The summed E-state index contributed by atoms with van der Waals surface area (Å²) in [5.41, 5.74) is 0.361. The lowest BCUT2D eigenvalue weighted by molar-refractivity contribution is -0.145. The first kappa shape index (κ1) is 14.7. The number of nitrogens with one attached hydrogen (secondary N) is 1. The van der Waals surface area contributed by atoms with Crippen LogP contribution in [0.1, 0.15) is 25.5 Å². The van der Waals surface area contributed by atoms with Crippen molar-refractivity contribution in [1.29, 1.82) is 0 Å². The highest BCUT2D eigenvalue weighted by atomic mass is 16.5. The number of hydrogen-bond donors (Lipinski definition) is 1. The van der Waals surface area contributed by atoms with Gasteiger partial charge in [0, 0.05) is 19.4 Å². The maximum atomic E-state index is 11.7. The Hall–Kier alpha value is -2.37. The number of methoxy groups -OCH3 is 1. The van der Waals surface area contributed by atoms with Crippen LogP contribution in [0.2, 0.25) is 0 Å². The number of benzene rings is 1. The van der Waals surface area contributed by atoms with Gasteiger partial charge in [-0.25, -0.2) is 4.79 Å². The van der Waals surface area contributed by atoms with Gasteiger partial charge in [0.05, 0.1) is 7.11 Å². The molecule has 0 radical (unpaired) electrons. The number of para-hydroxylation sites is 1. The Balaban J connectivity index is 3.17. The zero-order valence-electron chi connectivity index (χ0n) is 10.9. The van der Waals surface area contributed by atoms with Crippen LogP contribution in [0.15, 0.2) is 24.3 Å². The molecule has 1 N–H and O–H groups in total. The van der Waals surface area contributed by atoms with Gasteiger partial charge in [-0.05, 0) is 6.07 Å². The molecule has 102 valence electrons. The van der Waals surface area contributed by atoms with E-state index in [4.69, 9.17) is 4.74 Å². The van der Waals surface area contributed by atoms with Crippen LogP contribution in [0.3, 0.4) is 0 Å². The molecule has 0 aliphatic carbocycles. The van der Waals surface area contributed by atoms with Crippen molar-refractivity contribution in [1.82, 2.24) is 5.32 Å². The first-order valence-electron chi connectivity index (χ1n) is 5.58. The van der Waals surface area contributed by atoms with Gasteiger partial charge in [-0.3, -0.25) is 9.59 Å². The lowest BCUT2D eigenvalue weighted by Gasteiger charge is -2.18. The minimum atomic E-state index is -1.02. The highest BCUT2D eigenvalue weighted by Crippen LogP contribution is 2.26. The Morgan fingerprint density at radius 2 is 1.79 bits per heavy atom. The van der Waals surface area contributed by atoms with Crippen LogP contribution < -0.4 is 10.1 Å². The largest absolute Gasteiger partial charge is 0.467 e. The molecule has 1 unspecified atom stereocenters. The monoisotopic (exact) mass is 265 g/mol. The van der Waals surface area contributed by atoms with E-state index in [0.717, 1.165) is 0 Å². The number of esters is 2. The minimum Gasteiger partial charge on any atom is -0.467 e. The summed E-state index contributed by atoms with van der Waals surface area (Å²) in [6, 6.07) is 5.42. The number of rotatable bonds is 4. The Morgan fingerprint density at radius 3 is 2.32 bits per heavy atom. The van der Waals surface area contributed by atoms with E-state index < -0.39 is 23.9 Å². The van der Waals surface area contributed by atoms with Crippen LogP contribution in [0, 0.1) is 0 Å². The third-order valence-corrected chi connectivity index (χ3v) is 2.27. The van der Waals surface area contributed by atoms with E-state index in [-0.39, 0.29) is 5.75 Å². The molecule has 0 bridgehead atoms. The first-order chi connectivity index (χ1) is 8.95. The summed E-state index contributed by atoms with van der Waals surface area (Å²) in [6.07, 6.45) is 0. The topological polar surface area (TPSA) is 81.7 Å². The van der Waals surface area contributed by atoms with Crippen molar-refractivity contribution in [3.63, 3.8) is 0 Å². The van der Waals surface area contributed by atoms with Gasteiger partial charge in [-0.1, -0.05) is 18.2 Å². The summed E-state index contributed by atoms with van der Waals surface area (Å²) in [6.45, 7) is 2.53. The molecule has 1 atom stereocenters. The molecule has 0 aromatic heterocycles. The summed E-state index contributed by atoms with van der Waals surface area (Å²) >= 11 is 0. The van der Waals surface area contributed by atoms with Gasteiger partial charge in [0.2, 0.25) is 5.91 Å². The van der Waals surface area contributed by atoms with Crippen LogP contribution in [0.5, 0.6) is 5.75 Å². The molecule has 0 heterocycles. The Kier molecular flexibility index (Phi) is 5.05. The standard InChI is InChI=1S/C13H15NO5/c1-8(15)14-12(13(17)18-3)10-6-4-5-7-11(10)19-9(2)16/h4-7,12H,1-3H3,(H,14,15). The molecule has 1 aromatic carbocycles. The van der Waals surface area contributed by atoms with Gasteiger partial charge < -0.3 is 14.8 Å². The van der Waals surface area contributed by atoms with Crippen molar-refractivity contribution in [3.05, 3.63) is 29.8 Å². The van der Waals surface area contributed by atoms with Crippen LogP contribution >= 0.6 is 0 Å². The van der Waals surface area contributed by atoms with E-state index in [1.165, 1.54) is 27.0 Å². The molecule has 0 saturated heterocycles. The molecule has 0 fully saturated rings. The average molecular weight is 265 g/mol. The maximum absolute atomic E-state index is 11.7. The van der Waals surface area contributed by atoms with E-state index in [2.05, 4.69) is 10.1 Å². The highest BCUT2D eigenvalue weighted by molar-refractivity contribution is 5.85. The normalized spacial score (nSPS) is 11.3. The van der Waals surface area contributed by atoms with E-state index in [1.54, 1.807) is 18.2 Å². The molecule has 1 aromatic rings. The van der Waals surface area contributed by atoms with Crippen LogP contribution in [-0.2, 0) is 19.1 Å². The van der Waals surface area contributed by atoms with Crippen LogP contribution in [0.4, 0.5) is 0 Å². The Labute approximate surface area is 110 Å². The Bertz CT molecular complexity index is 498. The quantitative estimate of drug-likeness (QED) is 0.647. The van der Waals surface area contributed by atoms with E-state index in [9.17, 15) is 14.4 Å². The van der Waals surface area contributed by atoms with Crippen molar-refractivity contribution in [2.75, 3.05) is 7.11 Å². The van der Waals surface area contributed by atoms with E-state index in [1.807, 2.05) is 0 Å². The summed E-state index contributed by atoms with van der Waals surface area (Å²) < 4.78 is 9.64. The summed E-state index contributed by atoms with van der Waals surface area (Å²) in [4.78, 5) is 33.9. The zero-order valence-corrected chi connectivity index (χ0v) is 10.9. The lowest BCUT2D eigenvalue weighted by atomic mass is 10.1. The molecular formula is C13H15NO5. The zero-order chi connectivity index (χ0) is 14.4. The van der Waals surface area contributed by atoms with Crippen molar-refractivity contribution in [2.24, 2.45) is 0 Å². The van der Waals surface area contributed by atoms with Crippen LogP contribution in [0.25, 0.3) is 0 Å². The van der Waals surface area contributed by atoms with E-state index in [0.29, 0.717) is 5.56 Å². The van der Waals surface area contributed by atoms with Crippen molar-refractivity contribution in [2.45, 2.75) is 19.9 Å². The molecule has 19 heavy (non-hydrogen) atoms. The molecular weight excluding hydrogens is 250 g/mol. The van der Waals surface area contributed by atoms with Crippen molar-refractivity contribution >= 4 is 17.8 Å². The van der Waals surface area contributed by atoms with Gasteiger partial charge in [0.25, 0.3) is 0 Å². The number of amides is 1. The maximum Gasteiger partial charge on any atom is 0.333 e. The highest BCUT2D eigenvalue weighted by Gasteiger charge is 2.25. The third-order valence-electron chi connectivity index (χ3n) is 2.27. The molecule has 6 nitrogen and oxygen atoms in total. The van der Waals surface area contributed by atoms with Gasteiger partial charge in [0.1, 0.15) is 5.75 Å². The minimum absolute atomic E-state index is 0.208. The second-order valence-electron chi connectivity index (χ2n) is 3.79. The van der Waals surface area contributed by atoms with Gasteiger partial charge >= 0.3 is 11.9 Å². The second-order valence-corrected chi connectivity index (χ2v) is 3.79. The Morgan fingerprint density at radius 1 is 1.16 bits per heavy atom. The predicted octanol–water partition coefficient (Wildman–Crippen LogP) is 0.962. The number of carbonyl (C=O) groups excluding carboxylic acids is 3. The predicted molar refractivity (Wildman–Crippen MR) is 66.3 cm³/mol. The van der Waals surface area contributed by atoms with Gasteiger partial charge in [-0.2, -0.15) is 0 Å². The van der Waals surface area contributed by atoms with Gasteiger partial charge in [0.15, 0.2) is 6.04 Å². The number of hydrogen-bond acceptors (Lipinski definition) is 5. The number of carbonyl (C=O) groups is 3. The molecule has 0 saturated carbocycles. The van der Waals surface area contributed by atoms with Gasteiger partial charge in [-0.15, -0.1) is 0 Å². The second kappa shape index (κ2) is 6.53. The third kappa shape index (κ3) is 4.09. The fourth-order valence-electron chi connectivity index (χ4n) is 1.55. The lowest BCUT2D eigenvalue weighted by Crippen LogP contribution is -2.33. The molecule has 0 aliphatic heterocycles. The fourth-order valence-corrected chi connectivity index (χ4v) is 1.55. The van der Waals surface area contributed by atoms with Crippen LogP contribution in [-0.4, -0.2) is 25.0 Å². The average Bonchev–Trinajstić information content (AvgIpc) is 2.35. The molecule has 1 amide bonds. The first-order valence-corrected chi connectivity index (χ1v) is 5.58. The molecule has 1 rings (SSSR count). The van der Waals surface area contributed by atoms with Crippen molar-refractivity contribution < 1.29 is 23.9 Å².